The summed E-state index contributed by atoms with van der Waals surface area (Å²) in [5.41, 5.74) is 2.67. The molecule has 12 heavy (non-hydrogen) atoms. The summed E-state index contributed by atoms with van der Waals surface area (Å²) >= 11 is 0. The average Bonchev–Trinajstić information content (AvgIpc) is 2.19. The van der Waals surface area contributed by atoms with Crippen LogP contribution in [0.25, 0.3) is 0 Å². The predicted octanol–water partition coefficient (Wildman–Crippen LogP) is 0.962. The standard InChI is InChI=1S/C7H17N3.C2H6/c8-9-4-7-10-5-2-1-3-6-10;1-2/h9H,1-8H2;1-2H3. The molecule has 0 unspecified atom stereocenters. The van der Waals surface area contributed by atoms with Crippen molar-refractivity contribution in [2.24, 2.45) is 5.84 Å². The van der Waals surface area contributed by atoms with Crippen LogP contribution in [0.15, 0.2) is 0 Å². The Kier molecular flexibility index (Phi) is 8.88. The molecular weight excluding hydrogens is 150 g/mol. The summed E-state index contributed by atoms with van der Waals surface area (Å²) in [5.74, 6) is 5.17. The first-order valence-corrected chi connectivity index (χ1v) is 5.09. The molecule has 1 aliphatic heterocycles. The van der Waals surface area contributed by atoms with Gasteiger partial charge in [0.2, 0.25) is 0 Å². The van der Waals surface area contributed by atoms with Crippen molar-refractivity contribution in [3.63, 3.8) is 0 Å². The fourth-order valence-corrected chi connectivity index (χ4v) is 1.41. The van der Waals surface area contributed by atoms with E-state index in [0.717, 1.165) is 13.1 Å². The Morgan fingerprint density at radius 3 is 2.25 bits per heavy atom. The predicted molar refractivity (Wildman–Crippen MR) is 53.8 cm³/mol. The smallest absolute Gasteiger partial charge is 0.0225 e. The third kappa shape index (κ3) is 5.52. The highest BCUT2D eigenvalue weighted by molar-refractivity contribution is 4.64. The maximum Gasteiger partial charge on any atom is 0.0225 e. The van der Waals surface area contributed by atoms with Gasteiger partial charge < -0.3 is 4.90 Å². The number of likely N-dealkylation sites (tertiary alicyclic amines) is 1. The maximum absolute atomic E-state index is 5.17. The molecule has 1 aliphatic rings. The zero-order valence-corrected chi connectivity index (χ0v) is 8.47. The van der Waals surface area contributed by atoms with Crippen LogP contribution in [0.1, 0.15) is 33.1 Å². The molecule has 0 aliphatic carbocycles. The first-order valence-electron chi connectivity index (χ1n) is 5.09. The van der Waals surface area contributed by atoms with Gasteiger partial charge in [0.1, 0.15) is 0 Å². The third-order valence-corrected chi connectivity index (χ3v) is 2.02. The Bertz CT molecular complexity index is 79.8. The van der Waals surface area contributed by atoms with Crippen LogP contribution >= 0.6 is 0 Å². The third-order valence-electron chi connectivity index (χ3n) is 2.02. The van der Waals surface area contributed by atoms with Gasteiger partial charge in [-0.3, -0.25) is 11.3 Å². The van der Waals surface area contributed by atoms with Crippen LogP contribution in [0, 0.1) is 0 Å². The van der Waals surface area contributed by atoms with Crippen LogP contribution in [0.4, 0.5) is 0 Å². The van der Waals surface area contributed by atoms with Gasteiger partial charge in [-0.25, -0.2) is 0 Å². The molecule has 0 aromatic rings. The number of rotatable bonds is 3. The molecule has 3 nitrogen and oxygen atoms in total. The van der Waals surface area contributed by atoms with Gasteiger partial charge in [0, 0.05) is 13.1 Å². The second kappa shape index (κ2) is 8.97. The van der Waals surface area contributed by atoms with Gasteiger partial charge in [0.15, 0.2) is 0 Å². The first kappa shape index (κ1) is 11.9. The molecule has 1 rings (SSSR count). The van der Waals surface area contributed by atoms with E-state index in [1.54, 1.807) is 0 Å². The minimum absolute atomic E-state index is 0.917. The Labute approximate surface area is 76.3 Å². The molecule has 0 saturated carbocycles. The summed E-state index contributed by atoms with van der Waals surface area (Å²) in [6.45, 7) is 8.56. The Morgan fingerprint density at radius 2 is 1.75 bits per heavy atom. The monoisotopic (exact) mass is 173 g/mol. The highest BCUT2D eigenvalue weighted by atomic mass is 15.2. The van der Waals surface area contributed by atoms with Gasteiger partial charge in [-0.05, 0) is 25.9 Å². The Hall–Kier alpha value is -0.120. The number of nitrogens with one attached hydrogen (secondary N) is 1. The highest BCUT2D eigenvalue weighted by Gasteiger charge is 2.07. The normalized spacial score (nSPS) is 18.2. The minimum Gasteiger partial charge on any atom is -0.302 e. The van der Waals surface area contributed by atoms with Gasteiger partial charge in [0.25, 0.3) is 0 Å². The van der Waals surface area contributed by atoms with E-state index in [1.807, 2.05) is 13.8 Å². The van der Waals surface area contributed by atoms with Gasteiger partial charge in [-0.15, -0.1) is 0 Å². The van der Waals surface area contributed by atoms with E-state index in [9.17, 15) is 0 Å². The summed E-state index contributed by atoms with van der Waals surface area (Å²) in [6, 6.07) is 0. The molecule has 1 saturated heterocycles. The van der Waals surface area contributed by atoms with E-state index < -0.39 is 0 Å². The van der Waals surface area contributed by atoms with Crippen molar-refractivity contribution in [2.45, 2.75) is 33.1 Å². The number of hydrogen-bond acceptors (Lipinski definition) is 3. The summed E-state index contributed by atoms with van der Waals surface area (Å²) in [6.07, 6.45) is 4.14. The highest BCUT2D eigenvalue weighted by Crippen LogP contribution is 2.06. The molecule has 3 N–H and O–H groups in total. The average molecular weight is 173 g/mol. The fourth-order valence-electron chi connectivity index (χ4n) is 1.41. The summed E-state index contributed by atoms with van der Waals surface area (Å²) in [7, 11) is 0. The van der Waals surface area contributed by atoms with Crippen molar-refractivity contribution in [1.82, 2.24) is 10.3 Å². The number of nitrogens with two attached hydrogens (primary N) is 1. The lowest BCUT2D eigenvalue weighted by Gasteiger charge is -2.25. The van der Waals surface area contributed by atoms with E-state index in [0.29, 0.717) is 0 Å². The molecular formula is C9H23N3. The number of hydrazine groups is 1. The number of hydrogen-bond donors (Lipinski definition) is 2. The van der Waals surface area contributed by atoms with Crippen LogP contribution in [0.3, 0.4) is 0 Å². The summed E-state index contributed by atoms with van der Waals surface area (Å²) in [4.78, 5) is 2.46. The van der Waals surface area contributed by atoms with E-state index in [4.69, 9.17) is 5.84 Å². The van der Waals surface area contributed by atoms with Crippen molar-refractivity contribution in [1.29, 1.82) is 0 Å². The van der Waals surface area contributed by atoms with Crippen molar-refractivity contribution >= 4 is 0 Å². The minimum atomic E-state index is 0.917. The summed E-state index contributed by atoms with van der Waals surface area (Å²) < 4.78 is 0. The van der Waals surface area contributed by atoms with E-state index in [-0.39, 0.29) is 0 Å². The number of nitrogens with zero attached hydrogens (tertiary/aromatic N) is 1. The SMILES string of the molecule is CC.NNCCN1CCCCC1. The fraction of sp³-hybridized carbons (Fsp3) is 1.00. The van der Waals surface area contributed by atoms with Crippen LogP contribution in [-0.4, -0.2) is 31.1 Å². The summed E-state index contributed by atoms with van der Waals surface area (Å²) in [5, 5.41) is 0. The second-order valence-electron chi connectivity index (χ2n) is 2.86. The molecule has 1 fully saturated rings. The van der Waals surface area contributed by atoms with Crippen molar-refractivity contribution in [2.75, 3.05) is 26.2 Å². The number of piperidine rings is 1. The van der Waals surface area contributed by atoms with Crippen molar-refractivity contribution < 1.29 is 0 Å². The van der Waals surface area contributed by atoms with E-state index in [1.165, 1.54) is 32.4 Å². The zero-order chi connectivity index (χ0) is 9.23. The molecule has 0 atom stereocenters. The lowest BCUT2D eigenvalue weighted by atomic mass is 10.1. The van der Waals surface area contributed by atoms with Gasteiger partial charge in [-0.2, -0.15) is 0 Å². The van der Waals surface area contributed by atoms with Crippen LogP contribution in [0.2, 0.25) is 0 Å². The molecule has 74 valence electrons. The molecule has 0 aromatic carbocycles. The molecule has 0 radical (unpaired) electrons. The van der Waals surface area contributed by atoms with E-state index in [2.05, 4.69) is 10.3 Å². The van der Waals surface area contributed by atoms with Gasteiger partial charge >= 0.3 is 0 Å². The van der Waals surface area contributed by atoms with E-state index >= 15 is 0 Å². The first-order chi connectivity index (χ1) is 5.93. The molecule has 1 heterocycles. The molecule has 0 bridgehead atoms. The largest absolute Gasteiger partial charge is 0.302 e. The maximum atomic E-state index is 5.17. The van der Waals surface area contributed by atoms with Crippen molar-refractivity contribution in [3.8, 4) is 0 Å². The quantitative estimate of drug-likeness (QED) is 0.493. The van der Waals surface area contributed by atoms with Crippen LogP contribution in [0.5, 0.6) is 0 Å². The van der Waals surface area contributed by atoms with Crippen molar-refractivity contribution in [3.05, 3.63) is 0 Å². The topological polar surface area (TPSA) is 41.3 Å². The molecule has 0 aromatic heterocycles. The van der Waals surface area contributed by atoms with Gasteiger partial charge in [0.05, 0.1) is 0 Å². The molecule has 0 amide bonds. The van der Waals surface area contributed by atoms with Crippen LogP contribution in [-0.2, 0) is 0 Å². The Balaban J connectivity index is 0.000000561. The second-order valence-corrected chi connectivity index (χ2v) is 2.86. The molecule has 0 spiro atoms. The molecule has 3 heteroatoms. The van der Waals surface area contributed by atoms with Gasteiger partial charge in [-0.1, -0.05) is 20.3 Å². The lowest BCUT2D eigenvalue weighted by molar-refractivity contribution is 0.229. The van der Waals surface area contributed by atoms with Crippen LogP contribution < -0.4 is 11.3 Å². The zero-order valence-electron chi connectivity index (χ0n) is 8.47. The Morgan fingerprint density at radius 1 is 1.17 bits per heavy atom. The lowest BCUT2D eigenvalue weighted by Crippen LogP contribution is -2.37.